The molecule has 0 radical (unpaired) electrons. The molecule has 0 saturated carbocycles. The van der Waals surface area contributed by atoms with Crippen LogP contribution in [-0.2, 0) is 11.2 Å². The van der Waals surface area contributed by atoms with E-state index in [1.54, 1.807) is 6.92 Å². The van der Waals surface area contributed by atoms with Crippen LogP contribution in [-0.4, -0.2) is 32.2 Å². The van der Waals surface area contributed by atoms with Gasteiger partial charge in [-0.15, -0.1) is 0 Å². The number of carboxylic acid groups (broad SMARTS) is 1. The molecule has 3 rings (SSSR count). The molecule has 0 atom stereocenters. The molecule has 0 aliphatic heterocycles. The fourth-order valence-electron chi connectivity index (χ4n) is 3.05. The topological polar surface area (TPSA) is 79.5 Å². The molecule has 0 aliphatic carbocycles. The van der Waals surface area contributed by atoms with Crippen LogP contribution in [0.4, 0.5) is 13.2 Å². The molecule has 5 nitrogen and oxygen atoms in total. The number of phenols is 1. The molecule has 2 N–H and O–H groups in total. The average Bonchev–Trinajstić information content (AvgIpc) is 2.85. The number of phenolic OH excluding ortho intramolecular Hbond substituents is 1. The first-order chi connectivity index (χ1) is 13.5. The molecule has 0 amide bonds. The van der Waals surface area contributed by atoms with Crippen molar-refractivity contribution in [2.45, 2.75) is 23.7 Å². The smallest absolute Gasteiger partial charge is 0.446 e. The van der Waals surface area contributed by atoms with Crippen molar-refractivity contribution >= 4 is 46.1 Å². The van der Waals surface area contributed by atoms with Gasteiger partial charge in [0.1, 0.15) is 5.75 Å². The standard InChI is InChI=1S/C19H13ClF3NO4S/c1-9-12(7-17(26)27)13-6-16(25)14(20)8-15(13)24(9)18(28)10-2-4-11(5-3-10)29-19(21,22)23/h2-6,8,25H,7H2,1H3,(H,26,27). The summed E-state index contributed by atoms with van der Waals surface area (Å²) >= 11 is 5.67. The number of carboxylic acids is 1. The highest BCUT2D eigenvalue weighted by molar-refractivity contribution is 8.00. The molecule has 29 heavy (non-hydrogen) atoms. The van der Waals surface area contributed by atoms with Gasteiger partial charge in [-0.2, -0.15) is 13.2 Å². The van der Waals surface area contributed by atoms with Gasteiger partial charge in [0.25, 0.3) is 5.91 Å². The second-order valence-electron chi connectivity index (χ2n) is 6.17. The predicted molar refractivity (Wildman–Crippen MR) is 103 cm³/mol. The Balaban J connectivity index is 2.11. The summed E-state index contributed by atoms with van der Waals surface area (Å²) in [5.74, 6) is -1.94. The lowest BCUT2D eigenvalue weighted by Crippen LogP contribution is -2.14. The lowest BCUT2D eigenvalue weighted by molar-refractivity contribution is -0.136. The van der Waals surface area contributed by atoms with Crippen molar-refractivity contribution in [3.63, 3.8) is 0 Å². The van der Waals surface area contributed by atoms with Gasteiger partial charge in [-0.1, -0.05) is 11.6 Å². The number of nitrogens with zero attached hydrogens (tertiary/aromatic N) is 1. The maximum absolute atomic E-state index is 13.1. The molecule has 0 fully saturated rings. The molecule has 10 heteroatoms. The van der Waals surface area contributed by atoms with E-state index in [9.17, 15) is 33.0 Å². The molecule has 1 aromatic heterocycles. The van der Waals surface area contributed by atoms with Crippen molar-refractivity contribution < 1.29 is 33.0 Å². The van der Waals surface area contributed by atoms with Gasteiger partial charge in [-0.25, -0.2) is 0 Å². The van der Waals surface area contributed by atoms with E-state index in [0.29, 0.717) is 22.2 Å². The molecule has 152 valence electrons. The van der Waals surface area contributed by atoms with Gasteiger partial charge in [0, 0.05) is 21.5 Å². The number of benzene rings is 2. The van der Waals surface area contributed by atoms with Crippen LogP contribution in [0.3, 0.4) is 0 Å². The zero-order valence-electron chi connectivity index (χ0n) is 14.7. The van der Waals surface area contributed by atoms with Crippen molar-refractivity contribution in [2.75, 3.05) is 0 Å². The zero-order chi connectivity index (χ0) is 21.5. The minimum Gasteiger partial charge on any atom is -0.506 e. The molecule has 0 bridgehead atoms. The minimum atomic E-state index is -4.44. The number of hydrogen-bond acceptors (Lipinski definition) is 4. The van der Waals surface area contributed by atoms with Crippen LogP contribution >= 0.6 is 23.4 Å². The first kappa shape index (κ1) is 21.1. The van der Waals surface area contributed by atoms with E-state index in [1.807, 2.05) is 0 Å². The Bertz CT molecular complexity index is 1120. The first-order valence-electron chi connectivity index (χ1n) is 8.12. The van der Waals surface area contributed by atoms with Crippen LogP contribution in [0, 0.1) is 6.92 Å². The van der Waals surface area contributed by atoms with E-state index in [1.165, 1.54) is 41.0 Å². The largest absolute Gasteiger partial charge is 0.506 e. The monoisotopic (exact) mass is 443 g/mol. The fourth-order valence-corrected chi connectivity index (χ4v) is 3.75. The van der Waals surface area contributed by atoms with Crippen molar-refractivity contribution in [3.05, 3.63) is 58.2 Å². The van der Waals surface area contributed by atoms with E-state index in [-0.39, 0.29) is 39.4 Å². The van der Waals surface area contributed by atoms with Crippen molar-refractivity contribution in [1.29, 1.82) is 0 Å². The summed E-state index contributed by atoms with van der Waals surface area (Å²) in [6, 6.07) is 7.53. The number of rotatable bonds is 4. The van der Waals surface area contributed by atoms with Crippen molar-refractivity contribution in [3.8, 4) is 5.75 Å². The third-order valence-corrected chi connectivity index (χ3v) is 5.31. The zero-order valence-corrected chi connectivity index (χ0v) is 16.3. The highest BCUT2D eigenvalue weighted by atomic mass is 35.5. The Hall–Kier alpha value is -2.65. The number of aromatic nitrogens is 1. The maximum atomic E-state index is 13.1. The van der Waals surface area contributed by atoms with Gasteiger partial charge >= 0.3 is 11.5 Å². The number of fused-ring (bicyclic) bond motifs is 1. The third kappa shape index (κ3) is 4.35. The molecule has 1 heterocycles. The molecule has 0 saturated heterocycles. The first-order valence-corrected chi connectivity index (χ1v) is 9.32. The number of thioether (sulfide) groups is 1. The lowest BCUT2D eigenvalue weighted by Gasteiger charge is -2.09. The molecular weight excluding hydrogens is 431 g/mol. The predicted octanol–water partition coefficient (Wildman–Crippen LogP) is 5.24. The van der Waals surface area contributed by atoms with Gasteiger partial charge in [-0.05, 0) is 60.6 Å². The molecule has 0 spiro atoms. The Morgan fingerprint density at radius 1 is 1.17 bits per heavy atom. The summed E-state index contributed by atoms with van der Waals surface area (Å²) in [6.45, 7) is 1.55. The Morgan fingerprint density at radius 2 is 1.79 bits per heavy atom. The van der Waals surface area contributed by atoms with Gasteiger partial charge in [0.2, 0.25) is 0 Å². The van der Waals surface area contributed by atoms with Crippen LogP contribution in [0.5, 0.6) is 5.75 Å². The minimum absolute atomic E-state index is 0.0251. The molecule has 0 unspecified atom stereocenters. The number of alkyl halides is 3. The molecular formula is C19H13ClF3NO4S. The summed E-state index contributed by atoms with van der Waals surface area (Å²) in [7, 11) is 0. The quantitative estimate of drug-likeness (QED) is 0.539. The maximum Gasteiger partial charge on any atom is 0.446 e. The van der Waals surface area contributed by atoms with E-state index >= 15 is 0 Å². The number of hydrogen-bond donors (Lipinski definition) is 2. The van der Waals surface area contributed by atoms with Gasteiger partial charge < -0.3 is 10.2 Å². The Labute approximate surface area is 171 Å². The second-order valence-corrected chi connectivity index (χ2v) is 7.71. The lowest BCUT2D eigenvalue weighted by atomic mass is 10.1. The van der Waals surface area contributed by atoms with Crippen LogP contribution in [0.25, 0.3) is 10.9 Å². The van der Waals surface area contributed by atoms with Gasteiger partial charge in [-0.3, -0.25) is 14.2 Å². The van der Waals surface area contributed by atoms with E-state index < -0.39 is 17.4 Å². The number of carbonyl (C=O) groups is 2. The SMILES string of the molecule is Cc1c(CC(=O)O)c2cc(O)c(Cl)cc2n1C(=O)c1ccc(SC(F)(F)F)cc1. The summed E-state index contributed by atoms with van der Waals surface area (Å²) in [5, 5.41) is 19.4. The normalized spacial score (nSPS) is 11.8. The van der Waals surface area contributed by atoms with Crippen LogP contribution in [0.2, 0.25) is 5.02 Å². The van der Waals surface area contributed by atoms with E-state index in [0.717, 1.165) is 0 Å². The number of aromatic hydroxyl groups is 1. The Kier molecular flexibility index (Phi) is 5.55. The Morgan fingerprint density at radius 3 is 2.34 bits per heavy atom. The average molecular weight is 444 g/mol. The third-order valence-electron chi connectivity index (χ3n) is 4.27. The molecule has 0 aliphatic rings. The van der Waals surface area contributed by atoms with Crippen molar-refractivity contribution in [1.82, 2.24) is 4.57 Å². The van der Waals surface area contributed by atoms with E-state index in [4.69, 9.17) is 11.6 Å². The molecule has 2 aromatic carbocycles. The highest BCUT2D eigenvalue weighted by Gasteiger charge is 2.29. The highest BCUT2D eigenvalue weighted by Crippen LogP contribution is 2.37. The number of halogens is 4. The van der Waals surface area contributed by atoms with Crippen LogP contribution in [0.1, 0.15) is 21.6 Å². The van der Waals surface area contributed by atoms with Crippen LogP contribution in [0.15, 0.2) is 41.3 Å². The summed E-state index contributed by atoms with van der Waals surface area (Å²) in [6.07, 6.45) is -0.384. The number of carbonyl (C=O) groups excluding carboxylic acids is 1. The van der Waals surface area contributed by atoms with Crippen LogP contribution < -0.4 is 0 Å². The molecule has 3 aromatic rings. The summed E-state index contributed by atoms with van der Waals surface area (Å²) in [5.41, 5.74) is -3.37. The van der Waals surface area contributed by atoms with Gasteiger partial charge in [0.15, 0.2) is 0 Å². The van der Waals surface area contributed by atoms with E-state index in [2.05, 4.69) is 0 Å². The number of aliphatic carboxylic acids is 1. The summed E-state index contributed by atoms with van der Waals surface area (Å²) in [4.78, 5) is 24.2. The van der Waals surface area contributed by atoms with Crippen molar-refractivity contribution in [2.24, 2.45) is 0 Å². The fraction of sp³-hybridized carbons (Fsp3) is 0.158. The van der Waals surface area contributed by atoms with Gasteiger partial charge in [0.05, 0.1) is 17.0 Å². The second kappa shape index (κ2) is 7.64. The summed E-state index contributed by atoms with van der Waals surface area (Å²) < 4.78 is 38.7.